The van der Waals surface area contributed by atoms with Crippen LogP contribution < -0.4 is 5.32 Å². The quantitative estimate of drug-likeness (QED) is 0.712. The first-order valence-electron chi connectivity index (χ1n) is 7.40. The molecule has 1 atom stereocenters. The molecule has 0 spiro atoms. The van der Waals surface area contributed by atoms with E-state index in [1.165, 1.54) is 30.4 Å². The minimum absolute atomic E-state index is 0.670. The molecule has 1 rings (SSSR count). The second kappa shape index (κ2) is 8.31. The maximum absolute atomic E-state index is 3.61. The summed E-state index contributed by atoms with van der Waals surface area (Å²) in [5, 5.41) is 3.61. The first-order chi connectivity index (χ1) is 8.63. The maximum atomic E-state index is 3.61. The zero-order chi connectivity index (χ0) is 13.4. The van der Waals surface area contributed by atoms with Gasteiger partial charge in [-0.25, -0.2) is 0 Å². The summed E-state index contributed by atoms with van der Waals surface area (Å²) in [6, 6.07) is 9.00. The molecule has 0 bridgehead atoms. The van der Waals surface area contributed by atoms with E-state index in [2.05, 4.69) is 57.3 Å². The van der Waals surface area contributed by atoms with Crippen molar-refractivity contribution in [3.8, 4) is 0 Å². The fraction of sp³-hybridized carbons (Fsp3) is 0.647. The Hall–Kier alpha value is -0.820. The van der Waals surface area contributed by atoms with Crippen LogP contribution in [-0.2, 0) is 0 Å². The van der Waals surface area contributed by atoms with Gasteiger partial charge in [0.2, 0.25) is 0 Å². The molecule has 0 aliphatic rings. The Labute approximate surface area is 113 Å². The largest absolute Gasteiger partial charge is 0.316 e. The van der Waals surface area contributed by atoms with E-state index in [-0.39, 0.29) is 0 Å². The number of rotatable bonds is 8. The van der Waals surface area contributed by atoms with Gasteiger partial charge in [0.05, 0.1) is 0 Å². The molecule has 1 N–H and O–H groups in total. The van der Waals surface area contributed by atoms with E-state index in [0.29, 0.717) is 5.92 Å². The molecule has 1 unspecified atom stereocenters. The van der Waals surface area contributed by atoms with Gasteiger partial charge in [0.1, 0.15) is 0 Å². The molecular formula is C17H29N. The number of nitrogens with one attached hydrogen (secondary N) is 1. The second-order valence-corrected chi connectivity index (χ2v) is 5.81. The molecular weight excluding hydrogens is 218 g/mol. The lowest BCUT2D eigenvalue weighted by Gasteiger charge is -2.19. The molecule has 1 nitrogen and oxygen atoms in total. The maximum Gasteiger partial charge on any atom is 0.00202 e. The van der Waals surface area contributed by atoms with E-state index in [1.807, 2.05) is 0 Å². The fourth-order valence-corrected chi connectivity index (χ4v) is 2.31. The zero-order valence-corrected chi connectivity index (χ0v) is 12.5. The highest BCUT2D eigenvalue weighted by Crippen LogP contribution is 2.22. The van der Waals surface area contributed by atoms with Crippen molar-refractivity contribution in [2.75, 3.05) is 13.1 Å². The standard InChI is InChI=1S/C17H29N/c1-5-6-9-17(13-18-12-14(2)3)16-10-7-8-15(4)11-16/h7-8,10-11,14,17-18H,5-6,9,12-13H2,1-4H3. The highest BCUT2D eigenvalue weighted by molar-refractivity contribution is 5.25. The van der Waals surface area contributed by atoms with Crippen molar-refractivity contribution in [1.29, 1.82) is 0 Å². The Bertz CT molecular complexity index is 330. The summed E-state index contributed by atoms with van der Waals surface area (Å²) >= 11 is 0. The molecule has 1 aromatic carbocycles. The van der Waals surface area contributed by atoms with E-state index < -0.39 is 0 Å². The van der Waals surface area contributed by atoms with Gasteiger partial charge in [-0.2, -0.15) is 0 Å². The summed E-state index contributed by atoms with van der Waals surface area (Å²) in [4.78, 5) is 0. The lowest BCUT2D eigenvalue weighted by atomic mass is 9.92. The van der Waals surface area contributed by atoms with Gasteiger partial charge in [0.15, 0.2) is 0 Å². The predicted molar refractivity (Wildman–Crippen MR) is 81.2 cm³/mol. The molecule has 0 fully saturated rings. The monoisotopic (exact) mass is 247 g/mol. The summed E-state index contributed by atoms with van der Waals surface area (Å²) in [7, 11) is 0. The van der Waals surface area contributed by atoms with E-state index >= 15 is 0 Å². The van der Waals surface area contributed by atoms with Crippen molar-refractivity contribution >= 4 is 0 Å². The number of unbranched alkanes of at least 4 members (excludes halogenated alkanes) is 1. The van der Waals surface area contributed by atoms with Crippen LogP contribution in [0, 0.1) is 12.8 Å². The lowest BCUT2D eigenvalue weighted by molar-refractivity contribution is 0.490. The zero-order valence-electron chi connectivity index (χ0n) is 12.5. The molecule has 1 heteroatoms. The normalized spacial score (nSPS) is 12.9. The van der Waals surface area contributed by atoms with E-state index in [9.17, 15) is 0 Å². The molecule has 0 aliphatic carbocycles. The van der Waals surface area contributed by atoms with Crippen LogP contribution in [-0.4, -0.2) is 13.1 Å². The minimum atomic E-state index is 0.670. The SMILES string of the molecule is CCCCC(CNCC(C)C)c1cccc(C)c1. The molecule has 102 valence electrons. The number of hydrogen-bond donors (Lipinski definition) is 1. The summed E-state index contributed by atoms with van der Waals surface area (Å²) in [6.45, 7) is 11.2. The van der Waals surface area contributed by atoms with Gasteiger partial charge in [0, 0.05) is 6.54 Å². The molecule has 0 heterocycles. The van der Waals surface area contributed by atoms with Crippen molar-refractivity contribution in [3.05, 3.63) is 35.4 Å². The van der Waals surface area contributed by atoms with Gasteiger partial charge in [0.25, 0.3) is 0 Å². The molecule has 0 saturated carbocycles. The summed E-state index contributed by atoms with van der Waals surface area (Å²) in [6.07, 6.45) is 3.90. The Morgan fingerprint density at radius 1 is 1.17 bits per heavy atom. The summed E-state index contributed by atoms with van der Waals surface area (Å²) < 4.78 is 0. The number of aryl methyl sites for hydroxylation is 1. The van der Waals surface area contributed by atoms with Crippen LogP contribution in [0.15, 0.2) is 24.3 Å². The van der Waals surface area contributed by atoms with Crippen molar-refractivity contribution in [1.82, 2.24) is 5.32 Å². The van der Waals surface area contributed by atoms with Gasteiger partial charge >= 0.3 is 0 Å². The first-order valence-corrected chi connectivity index (χ1v) is 7.40. The highest BCUT2D eigenvalue weighted by Gasteiger charge is 2.11. The van der Waals surface area contributed by atoms with Gasteiger partial charge in [-0.1, -0.05) is 63.4 Å². The molecule has 0 aromatic heterocycles. The minimum Gasteiger partial charge on any atom is -0.316 e. The van der Waals surface area contributed by atoms with Crippen LogP contribution in [0.4, 0.5) is 0 Å². The Morgan fingerprint density at radius 3 is 2.56 bits per heavy atom. The first kappa shape index (κ1) is 15.2. The topological polar surface area (TPSA) is 12.0 Å². The predicted octanol–water partition coefficient (Wildman–Crippen LogP) is 4.51. The van der Waals surface area contributed by atoms with Gasteiger partial charge in [-0.15, -0.1) is 0 Å². The summed E-state index contributed by atoms with van der Waals surface area (Å²) in [5.41, 5.74) is 2.87. The lowest BCUT2D eigenvalue weighted by Crippen LogP contribution is -2.25. The van der Waals surface area contributed by atoms with Gasteiger partial charge in [-0.3, -0.25) is 0 Å². The summed E-state index contributed by atoms with van der Waals surface area (Å²) in [5.74, 6) is 1.40. The van der Waals surface area contributed by atoms with Crippen molar-refractivity contribution in [3.63, 3.8) is 0 Å². The smallest absolute Gasteiger partial charge is 0.00202 e. The Kier molecular flexibility index (Phi) is 7.04. The molecule has 0 aliphatic heterocycles. The molecule has 18 heavy (non-hydrogen) atoms. The average Bonchev–Trinajstić information content (AvgIpc) is 2.33. The molecule has 0 saturated heterocycles. The van der Waals surface area contributed by atoms with Crippen LogP contribution in [0.5, 0.6) is 0 Å². The van der Waals surface area contributed by atoms with E-state index in [4.69, 9.17) is 0 Å². The molecule has 0 radical (unpaired) electrons. The fourth-order valence-electron chi connectivity index (χ4n) is 2.31. The average molecular weight is 247 g/mol. The number of benzene rings is 1. The Morgan fingerprint density at radius 2 is 1.94 bits per heavy atom. The van der Waals surface area contributed by atoms with Crippen molar-refractivity contribution < 1.29 is 0 Å². The second-order valence-electron chi connectivity index (χ2n) is 5.81. The molecule has 0 amide bonds. The van der Waals surface area contributed by atoms with E-state index in [1.54, 1.807) is 0 Å². The van der Waals surface area contributed by atoms with Crippen LogP contribution in [0.3, 0.4) is 0 Å². The third-order valence-electron chi connectivity index (χ3n) is 3.36. The molecule has 1 aromatic rings. The van der Waals surface area contributed by atoms with Crippen LogP contribution in [0.2, 0.25) is 0 Å². The van der Waals surface area contributed by atoms with Crippen LogP contribution >= 0.6 is 0 Å². The third kappa shape index (κ3) is 5.68. The highest BCUT2D eigenvalue weighted by atomic mass is 14.9. The number of hydrogen-bond acceptors (Lipinski definition) is 1. The Balaban J connectivity index is 2.59. The van der Waals surface area contributed by atoms with Gasteiger partial charge < -0.3 is 5.32 Å². The van der Waals surface area contributed by atoms with Crippen molar-refractivity contribution in [2.24, 2.45) is 5.92 Å². The van der Waals surface area contributed by atoms with Crippen LogP contribution in [0.1, 0.15) is 57.1 Å². The van der Waals surface area contributed by atoms with Crippen LogP contribution in [0.25, 0.3) is 0 Å². The van der Waals surface area contributed by atoms with E-state index in [0.717, 1.165) is 19.0 Å². The third-order valence-corrected chi connectivity index (χ3v) is 3.36. The van der Waals surface area contributed by atoms with Gasteiger partial charge in [-0.05, 0) is 37.3 Å². The van der Waals surface area contributed by atoms with Crippen molar-refractivity contribution in [2.45, 2.75) is 52.9 Å².